The predicted molar refractivity (Wildman–Crippen MR) is 100 cm³/mol. The molecule has 2 aromatic rings. The third-order valence-corrected chi connectivity index (χ3v) is 4.72. The van der Waals surface area contributed by atoms with Crippen molar-refractivity contribution in [3.63, 3.8) is 0 Å². The normalized spacial score (nSPS) is 16.0. The van der Waals surface area contributed by atoms with Gasteiger partial charge in [0, 0.05) is 32.2 Å². The second-order valence-corrected chi connectivity index (χ2v) is 6.36. The van der Waals surface area contributed by atoms with Gasteiger partial charge in [0.05, 0.1) is 31.1 Å². The van der Waals surface area contributed by atoms with Crippen LogP contribution in [-0.4, -0.2) is 50.3 Å². The SMILES string of the molecule is CN1CNC=C1CN1CCOc2ccc(N(C)c3ccccn3)cc21. The fraction of sp³-hybridized carbons (Fsp3) is 0.316. The molecule has 0 fully saturated rings. The number of nitrogens with zero attached hydrogens (tertiary/aromatic N) is 4. The van der Waals surface area contributed by atoms with Gasteiger partial charge >= 0.3 is 0 Å². The monoisotopic (exact) mass is 337 g/mol. The fourth-order valence-electron chi connectivity index (χ4n) is 3.19. The topological polar surface area (TPSA) is 43.9 Å². The first kappa shape index (κ1) is 15.6. The van der Waals surface area contributed by atoms with Crippen LogP contribution in [0.5, 0.6) is 5.75 Å². The highest BCUT2D eigenvalue weighted by molar-refractivity contribution is 5.71. The van der Waals surface area contributed by atoms with Crippen molar-refractivity contribution in [1.82, 2.24) is 15.2 Å². The number of hydrogen-bond donors (Lipinski definition) is 1. The molecular weight excluding hydrogens is 314 g/mol. The number of benzene rings is 1. The zero-order chi connectivity index (χ0) is 17.2. The van der Waals surface area contributed by atoms with E-state index in [4.69, 9.17) is 4.74 Å². The molecule has 2 aliphatic heterocycles. The zero-order valence-electron chi connectivity index (χ0n) is 14.6. The molecule has 0 bridgehead atoms. The molecule has 3 heterocycles. The first-order chi connectivity index (χ1) is 12.2. The molecule has 4 rings (SSSR count). The highest BCUT2D eigenvalue weighted by Crippen LogP contribution is 2.36. The summed E-state index contributed by atoms with van der Waals surface area (Å²) in [6.07, 6.45) is 3.91. The van der Waals surface area contributed by atoms with Crippen LogP contribution in [0.15, 0.2) is 54.5 Å². The number of pyridine rings is 1. The van der Waals surface area contributed by atoms with Gasteiger partial charge in [-0.3, -0.25) is 0 Å². The maximum Gasteiger partial charge on any atom is 0.142 e. The van der Waals surface area contributed by atoms with Gasteiger partial charge in [0.25, 0.3) is 0 Å². The number of fused-ring (bicyclic) bond motifs is 1. The van der Waals surface area contributed by atoms with Crippen LogP contribution >= 0.6 is 0 Å². The fourth-order valence-corrected chi connectivity index (χ4v) is 3.19. The first-order valence-corrected chi connectivity index (χ1v) is 8.52. The quantitative estimate of drug-likeness (QED) is 0.924. The Hall–Kier alpha value is -2.89. The Labute approximate surface area is 148 Å². The summed E-state index contributed by atoms with van der Waals surface area (Å²) in [5.41, 5.74) is 3.52. The van der Waals surface area contributed by atoms with Gasteiger partial charge in [0.1, 0.15) is 18.2 Å². The van der Waals surface area contributed by atoms with Gasteiger partial charge in [-0.05, 0) is 30.3 Å². The second kappa shape index (κ2) is 6.55. The minimum absolute atomic E-state index is 0.715. The number of aromatic nitrogens is 1. The van der Waals surface area contributed by atoms with E-state index in [-0.39, 0.29) is 0 Å². The molecule has 0 aliphatic carbocycles. The molecule has 1 N–H and O–H groups in total. The third-order valence-electron chi connectivity index (χ3n) is 4.72. The summed E-state index contributed by atoms with van der Waals surface area (Å²) in [7, 11) is 4.15. The molecule has 130 valence electrons. The summed E-state index contributed by atoms with van der Waals surface area (Å²) in [5.74, 6) is 1.87. The van der Waals surface area contributed by atoms with E-state index in [1.165, 1.54) is 5.70 Å². The number of likely N-dealkylation sites (N-methyl/N-ethyl adjacent to an activating group) is 1. The van der Waals surface area contributed by atoms with Gasteiger partial charge in [-0.15, -0.1) is 0 Å². The van der Waals surface area contributed by atoms with Crippen LogP contribution in [0, 0.1) is 0 Å². The summed E-state index contributed by atoms with van der Waals surface area (Å²) in [5, 5.41) is 3.28. The first-order valence-electron chi connectivity index (χ1n) is 8.52. The van der Waals surface area contributed by atoms with Crippen molar-refractivity contribution in [3.05, 3.63) is 54.5 Å². The molecule has 25 heavy (non-hydrogen) atoms. The number of ether oxygens (including phenoxy) is 1. The molecule has 2 aliphatic rings. The molecule has 0 saturated heterocycles. The Morgan fingerprint density at radius 2 is 2.20 bits per heavy atom. The summed E-state index contributed by atoms with van der Waals surface area (Å²) >= 11 is 0. The lowest BCUT2D eigenvalue weighted by Crippen LogP contribution is -2.36. The molecule has 6 nitrogen and oxygen atoms in total. The van der Waals surface area contributed by atoms with Crippen molar-refractivity contribution in [3.8, 4) is 5.75 Å². The molecule has 1 aromatic carbocycles. The standard InChI is InChI=1S/C19H23N5O/c1-22-14-20-12-16(22)13-24-9-10-25-18-7-6-15(11-17(18)24)23(2)19-5-3-4-8-21-19/h3-8,11-12,20H,9-10,13-14H2,1-2H3. The van der Waals surface area contributed by atoms with Crippen LogP contribution in [0.2, 0.25) is 0 Å². The summed E-state index contributed by atoms with van der Waals surface area (Å²) in [4.78, 5) is 11.1. The van der Waals surface area contributed by atoms with Crippen molar-refractivity contribution >= 4 is 17.2 Å². The van der Waals surface area contributed by atoms with Crippen LogP contribution in [0.1, 0.15) is 0 Å². The Morgan fingerprint density at radius 3 is 2.96 bits per heavy atom. The molecule has 0 amide bonds. The van der Waals surface area contributed by atoms with Crippen LogP contribution in [-0.2, 0) is 0 Å². The lowest BCUT2D eigenvalue weighted by molar-refractivity contribution is 0.306. The number of anilines is 3. The van der Waals surface area contributed by atoms with E-state index in [1.54, 1.807) is 0 Å². The Kier molecular flexibility index (Phi) is 4.09. The minimum Gasteiger partial charge on any atom is -0.490 e. The lowest BCUT2D eigenvalue weighted by Gasteiger charge is -2.33. The van der Waals surface area contributed by atoms with Crippen molar-refractivity contribution in [2.45, 2.75) is 0 Å². The Balaban J connectivity index is 1.62. The van der Waals surface area contributed by atoms with E-state index < -0.39 is 0 Å². The zero-order valence-corrected chi connectivity index (χ0v) is 14.6. The minimum atomic E-state index is 0.715. The number of rotatable bonds is 4. The smallest absolute Gasteiger partial charge is 0.142 e. The van der Waals surface area contributed by atoms with Gasteiger partial charge in [-0.1, -0.05) is 6.07 Å². The number of nitrogens with one attached hydrogen (secondary N) is 1. The average molecular weight is 337 g/mol. The van der Waals surface area contributed by atoms with E-state index >= 15 is 0 Å². The summed E-state index contributed by atoms with van der Waals surface area (Å²) in [6, 6.07) is 12.3. The summed E-state index contributed by atoms with van der Waals surface area (Å²) in [6.45, 7) is 3.34. The lowest BCUT2D eigenvalue weighted by atomic mass is 10.2. The van der Waals surface area contributed by atoms with Crippen molar-refractivity contribution in [1.29, 1.82) is 0 Å². The molecule has 1 aromatic heterocycles. The van der Waals surface area contributed by atoms with Gasteiger partial charge in [-0.25, -0.2) is 4.98 Å². The van der Waals surface area contributed by atoms with E-state index in [9.17, 15) is 0 Å². The van der Waals surface area contributed by atoms with Gasteiger partial charge in [0.2, 0.25) is 0 Å². The molecule has 0 saturated carbocycles. The Bertz CT molecular complexity index is 777. The third kappa shape index (κ3) is 3.07. The highest BCUT2D eigenvalue weighted by Gasteiger charge is 2.22. The molecule has 0 radical (unpaired) electrons. The van der Waals surface area contributed by atoms with Crippen LogP contribution in [0.4, 0.5) is 17.2 Å². The van der Waals surface area contributed by atoms with E-state index in [1.807, 2.05) is 31.4 Å². The van der Waals surface area contributed by atoms with E-state index in [0.717, 1.165) is 42.7 Å². The van der Waals surface area contributed by atoms with E-state index in [0.29, 0.717) is 6.61 Å². The van der Waals surface area contributed by atoms with Crippen LogP contribution in [0.25, 0.3) is 0 Å². The molecular formula is C19H23N5O. The molecule has 0 unspecified atom stereocenters. The number of hydrogen-bond acceptors (Lipinski definition) is 6. The second-order valence-electron chi connectivity index (χ2n) is 6.36. The average Bonchev–Trinajstić information content (AvgIpc) is 3.06. The van der Waals surface area contributed by atoms with Crippen molar-refractivity contribution in [2.75, 3.05) is 50.3 Å². The molecule has 0 spiro atoms. The molecule has 6 heteroatoms. The molecule has 0 atom stereocenters. The largest absolute Gasteiger partial charge is 0.490 e. The van der Waals surface area contributed by atoms with Crippen molar-refractivity contribution in [2.24, 2.45) is 0 Å². The highest BCUT2D eigenvalue weighted by atomic mass is 16.5. The predicted octanol–water partition coefficient (Wildman–Crippen LogP) is 2.38. The van der Waals surface area contributed by atoms with Crippen LogP contribution < -0.4 is 19.9 Å². The summed E-state index contributed by atoms with van der Waals surface area (Å²) < 4.78 is 5.86. The van der Waals surface area contributed by atoms with Gasteiger partial charge in [-0.2, -0.15) is 0 Å². The maximum atomic E-state index is 5.86. The van der Waals surface area contributed by atoms with Crippen molar-refractivity contribution < 1.29 is 4.74 Å². The van der Waals surface area contributed by atoms with Gasteiger partial charge < -0.3 is 24.8 Å². The van der Waals surface area contributed by atoms with Gasteiger partial charge in [0.15, 0.2) is 0 Å². The Morgan fingerprint density at radius 1 is 1.28 bits per heavy atom. The maximum absolute atomic E-state index is 5.86. The van der Waals surface area contributed by atoms with E-state index in [2.05, 4.69) is 56.4 Å². The van der Waals surface area contributed by atoms with Crippen LogP contribution in [0.3, 0.4) is 0 Å².